The van der Waals surface area contributed by atoms with E-state index in [-0.39, 0.29) is 6.61 Å². The number of nitrogen functional groups attached to an aromatic ring is 1. The van der Waals surface area contributed by atoms with Crippen LogP contribution in [0, 0.1) is 0 Å². The van der Waals surface area contributed by atoms with Crippen molar-refractivity contribution in [2.45, 2.75) is 37.9 Å². The van der Waals surface area contributed by atoms with E-state index in [0.29, 0.717) is 23.3 Å². The summed E-state index contributed by atoms with van der Waals surface area (Å²) in [6.45, 7) is 1.54. The third-order valence-electron chi connectivity index (χ3n) is 4.08. The Balaban J connectivity index is 2.09. The zero-order valence-corrected chi connectivity index (χ0v) is 12.7. The number of allylic oxidation sites excluding steroid dienone is 2. The van der Waals surface area contributed by atoms with Crippen molar-refractivity contribution in [3.8, 4) is 0 Å². The molecule has 1 aliphatic rings. The number of aliphatic hydroxyl groups is 3. The second-order valence-corrected chi connectivity index (χ2v) is 5.52. The molecular formula is C15H20N4O4. The fraction of sp³-hybridized carbons (Fsp3) is 0.467. The van der Waals surface area contributed by atoms with Crippen LogP contribution in [0.3, 0.4) is 0 Å². The van der Waals surface area contributed by atoms with Crippen molar-refractivity contribution in [3.05, 3.63) is 30.2 Å². The van der Waals surface area contributed by atoms with Gasteiger partial charge in [0.05, 0.1) is 12.0 Å². The zero-order chi connectivity index (χ0) is 16.6. The van der Waals surface area contributed by atoms with Crippen molar-refractivity contribution in [1.82, 2.24) is 14.5 Å². The lowest BCUT2D eigenvalue weighted by atomic mass is 10.1. The lowest BCUT2D eigenvalue weighted by Crippen LogP contribution is -2.33. The molecule has 2 aromatic heterocycles. The molecule has 0 aromatic carbocycles. The summed E-state index contributed by atoms with van der Waals surface area (Å²) < 4.78 is 7.22. The van der Waals surface area contributed by atoms with Gasteiger partial charge < -0.3 is 30.4 Å². The molecule has 1 fully saturated rings. The first-order valence-corrected chi connectivity index (χ1v) is 7.42. The number of aromatic nitrogens is 3. The Bertz CT molecular complexity index is 730. The maximum Gasteiger partial charge on any atom is 0.164 e. The Kier molecular flexibility index (Phi) is 4.31. The SMILES string of the molecule is C/C=C/Cc1cn(C2O[C@H](CO)[C@@H](O)[C@H]2O)c2ncnc(N)c12. The van der Waals surface area contributed by atoms with Gasteiger partial charge in [-0.3, -0.25) is 0 Å². The number of rotatable bonds is 4. The van der Waals surface area contributed by atoms with Gasteiger partial charge in [0.25, 0.3) is 0 Å². The maximum absolute atomic E-state index is 10.2. The molecule has 2 aromatic rings. The third-order valence-corrected chi connectivity index (χ3v) is 4.08. The molecule has 0 saturated carbocycles. The number of nitrogens with zero attached hydrogens (tertiary/aromatic N) is 3. The summed E-state index contributed by atoms with van der Waals surface area (Å²) in [7, 11) is 0. The fourth-order valence-electron chi connectivity index (χ4n) is 2.89. The maximum atomic E-state index is 10.2. The van der Waals surface area contributed by atoms with Crippen molar-refractivity contribution >= 4 is 16.9 Å². The number of hydrogen-bond acceptors (Lipinski definition) is 7. The van der Waals surface area contributed by atoms with E-state index in [2.05, 4.69) is 9.97 Å². The van der Waals surface area contributed by atoms with Crippen LogP contribution in [0.2, 0.25) is 0 Å². The second-order valence-electron chi connectivity index (χ2n) is 5.52. The van der Waals surface area contributed by atoms with E-state index in [1.807, 2.05) is 19.1 Å². The van der Waals surface area contributed by atoms with Gasteiger partial charge >= 0.3 is 0 Å². The Labute approximate surface area is 132 Å². The van der Waals surface area contributed by atoms with Crippen molar-refractivity contribution < 1.29 is 20.1 Å². The minimum Gasteiger partial charge on any atom is -0.394 e. The Morgan fingerprint density at radius 1 is 1.35 bits per heavy atom. The molecule has 4 atom stereocenters. The molecule has 1 unspecified atom stereocenters. The van der Waals surface area contributed by atoms with Crippen LogP contribution in [0.5, 0.6) is 0 Å². The fourth-order valence-corrected chi connectivity index (χ4v) is 2.89. The summed E-state index contributed by atoms with van der Waals surface area (Å²) in [5.74, 6) is 0.347. The Hall–Kier alpha value is -2.00. The monoisotopic (exact) mass is 320 g/mol. The summed E-state index contributed by atoms with van der Waals surface area (Å²) in [5.41, 5.74) is 7.39. The van der Waals surface area contributed by atoms with E-state index in [0.717, 1.165) is 5.56 Å². The number of ether oxygens (including phenoxy) is 1. The van der Waals surface area contributed by atoms with Crippen LogP contribution < -0.4 is 5.73 Å². The molecule has 8 nitrogen and oxygen atoms in total. The van der Waals surface area contributed by atoms with Crippen LogP contribution in [-0.4, -0.2) is 54.8 Å². The first-order chi connectivity index (χ1) is 11.1. The summed E-state index contributed by atoms with van der Waals surface area (Å²) in [4.78, 5) is 8.26. The normalized spacial score (nSPS) is 28.2. The van der Waals surface area contributed by atoms with Gasteiger partial charge in [0.15, 0.2) is 6.23 Å². The van der Waals surface area contributed by atoms with Gasteiger partial charge in [-0.25, -0.2) is 9.97 Å². The van der Waals surface area contributed by atoms with Gasteiger partial charge in [0, 0.05) is 6.20 Å². The molecule has 8 heteroatoms. The van der Waals surface area contributed by atoms with Gasteiger partial charge in [0.1, 0.15) is 36.1 Å². The van der Waals surface area contributed by atoms with Crippen molar-refractivity contribution in [2.24, 2.45) is 0 Å². The van der Waals surface area contributed by atoms with Crippen LogP contribution in [0.15, 0.2) is 24.7 Å². The van der Waals surface area contributed by atoms with Gasteiger partial charge in [-0.1, -0.05) is 12.2 Å². The molecular weight excluding hydrogens is 300 g/mol. The molecule has 5 N–H and O–H groups in total. The molecule has 124 valence electrons. The average molecular weight is 320 g/mol. The predicted molar refractivity (Wildman–Crippen MR) is 83.5 cm³/mol. The largest absolute Gasteiger partial charge is 0.394 e. The lowest BCUT2D eigenvalue weighted by Gasteiger charge is -2.17. The summed E-state index contributed by atoms with van der Waals surface area (Å²) in [6, 6.07) is 0. The topological polar surface area (TPSA) is 127 Å². The van der Waals surface area contributed by atoms with Crippen molar-refractivity contribution in [2.75, 3.05) is 12.3 Å². The molecule has 0 amide bonds. The first kappa shape index (κ1) is 15.9. The lowest BCUT2D eigenvalue weighted by molar-refractivity contribution is -0.0509. The highest BCUT2D eigenvalue weighted by Gasteiger charge is 2.44. The molecule has 0 aliphatic carbocycles. The molecule has 23 heavy (non-hydrogen) atoms. The highest BCUT2D eigenvalue weighted by molar-refractivity contribution is 5.90. The van der Waals surface area contributed by atoms with E-state index in [4.69, 9.17) is 10.5 Å². The molecule has 0 radical (unpaired) electrons. The third kappa shape index (κ3) is 2.59. The first-order valence-electron chi connectivity index (χ1n) is 7.42. The number of aliphatic hydroxyl groups excluding tert-OH is 3. The minimum absolute atomic E-state index is 0.347. The molecule has 3 heterocycles. The van der Waals surface area contributed by atoms with E-state index in [9.17, 15) is 15.3 Å². The highest BCUT2D eigenvalue weighted by Crippen LogP contribution is 2.34. The van der Waals surface area contributed by atoms with Crippen LogP contribution >= 0.6 is 0 Å². The quantitative estimate of drug-likeness (QED) is 0.572. The molecule has 0 spiro atoms. The van der Waals surface area contributed by atoms with Crippen LogP contribution in [0.4, 0.5) is 5.82 Å². The van der Waals surface area contributed by atoms with Crippen LogP contribution in [-0.2, 0) is 11.2 Å². The predicted octanol–water partition coefficient (Wildman–Crippen LogP) is -0.256. The number of hydrogen-bond donors (Lipinski definition) is 4. The number of anilines is 1. The van der Waals surface area contributed by atoms with E-state index >= 15 is 0 Å². The average Bonchev–Trinajstić information content (AvgIpc) is 3.05. The van der Waals surface area contributed by atoms with Gasteiger partial charge in [0.2, 0.25) is 0 Å². The van der Waals surface area contributed by atoms with E-state index in [1.54, 1.807) is 10.8 Å². The summed E-state index contributed by atoms with van der Waals surface area (Å²) in [5, 5.41) is 30.1. The van der Waals surface area contributed by atoms with Gasteiger partial charge in [-0.05, 0) is 18.9 Å². The standard InChI is InChI=1S/C15H20N4O4/c1-2-3-4-8-5-19(14-10(8)13(16)17-7-18-14)15-12(22)11(21)9(6-20)23-15/h2-3,5,7,9,11-12,15,20-22H,4,6H2,1H3,(H2,16,17,18)/b3-2+/t9-,11-,12-,15?/m1/s1. The Morgan fingerprint density at radius 2 is 2.13 bits per heavy atom. The molecule has 0 bridgehead atoms. The second kappa shape index (κ2) is 6.25. The van der Waals surface area contributed by atoms with Crippen molar-refractivity contribution in [1.29, 1.82) is 0 Å². The summed E-state index contributed by atoms with van der Waals surface area (Å²) >= 11 is 0. The summed E-state index contributed by atoms with van der Waals surface area (Å²) in [6.07, 6.45) is 3.63. The van der Waals surface area contributed by atoms with E-state index in [1.165, 1.54) is 6.33 Å². The minimum atomic E-state index is -1.17. The smallest absolute Gasteiger partial charge is 0.164 e. The number of nitrogens with two attached hydrogens (primary N) is 1. The number of fused-ring (bicyclic) bond motifs is 1. The van der Waals surface area contributed by atoms with Gasteiger partial charge in [-0.2, -0.15) is 0 Å². The molecule has 1 saturated heterocycles. The molecule has 1 aliphatic heterocycles. The highest BCUT2D eigenvalue weighted by atomic mass is 16.6. The van der Waals surface area contributed by atoms with Gasteiger partial charge in [-0.15, -0.1) is 0 Å². The Morgan fingerprint density at radius 3 is 2.78 bits per heavy atom. The zero-order valence-electron chi connectivity index (χ0n) is 12.7. The molecule has 3 rings (SSSR count). The van der Waals surface area contributed by atoms with Crippen LogP contribution in [0.25, 0.3) is 11.0 Å². The van der Waals surface area contributed by atoms with E-state index < -0.39 is 24.5 Å². The van der Waals surface area contributed by atoms with Crippen molar-refractivity contribution in [3.63, 3.8) is 0 Å². The van der Waals surface area contributed by atoms with Crippen LogP contribution in [0.1, 0.15) is 18.7 Å².